The van der Waals surface area contributed by atoms with Gasteiger partial charge in [0.05, 0.1) is 4.92 Å². The van der Waals surface area contributed by atoms with Gasteiger partial charge in [-0.1, -0.05) is 56.3 Å². The van der Waals surface area contributed by atoms with Crippen LogP contribution in [0.1, 0.15) is 49.8 Å². The molecular weight excluding hydrogens is 457 g/mol. The van der Waals surface area contributed by atoms with Crippen LogP contribution in [0, 0.1) is 21.8 Å². The van der Waals surface area contributed by atoms with Gasteiger partial charge in [0.15, 0.2) is 0 Å². The van der Waals surface area contributed by atoms with E-state index in [0.29, 0.717) is 17.5 Å². The third-order valence-corrected chi connectivity index (χ3v) is 6.71. The Balaban J connectivity index is 1.85. The molecular formula is C29H30FN3O3. The SMILES string of the molecule is CC(C)[C@@H](C)NC(=O)C[C@@H](c1cccc(F)c1)c1cn(Cc2ccccc2)c2ccc([N+](=O)[O-])cc12. The molecule has 0 aliphatic heterocycles. The molecule has 186 valence electrons. The first kappa shape index (κ1) is 25.1. The Hall–Kier alpha value is -4.00. The number of aromatic nitrogens is 1. The zero-order valence-corrected chi connectivity index (χ0v) is 20.6. The van der Waals surface area contributed by atoms with Crippen LogP contribution in [0.4, 0.5) is 10.1 Å². The quantitative estimate of drug-likeness (QED) is 0.219. The van der Waals surface area contributed by atoms with E-state index in [0.717, 1.165) is 16.6 Å². The van der Waals surface area contributed by atoms with Crippen LogP contribution in [0.3, 0.4) is 0 Å². The number of hydrogen-bond acceptors (Lipinski definition) is 3. The van der Waals surface area contributed by atoms with E-state index in [1.165, 1.54) is 18.2 Å². The summed E-state index contributed by atoms with van der Waals surface area (Å²) < 4.78 is 16.3. The van der Waals surface area contributed by atoms with Crippen LogP contribution in [0.25, 0.3) is 10.9 Å². The van der Waals surface area contributed by atoms with Gasteiger partial charge in [0.2, 0.25) is 5.91 Å². The molecule has 2 atom stereocenters. The number of hydrogen-bond donors (Lipinski definition) is 1. The van der Waals surface area contributed by atoms with Crippen molar-refractivity contribution in [3.05, 3.63) is 112 Å². The maximum Gasteiger partial charge on any atom is 0.270 e. The van der Waals surface area contributed by atoms with Crippen molar-refractivity contribution in [3.8, 4) is 0 Å². The molecule has 3 aromatic carbocycles. The zero-order chi connectivity index (χ0) is 25.8. The monoisotopic (exact) mass is 487 g/mol. The van der Waals surface area contributed by atoms with Crippen molar-refractivity contribution in [2.45, 2.75) is 45.7 Å². The minimum absolute atomic E-state index is 0.0221. The molecule has 0 radical (unpaired) electrons. The van der Waals surface area contributed by atoms with Gasteiger partial charge in [0, 0.05) is 54.2 Å². The third-order valence-electron chi connectivity index (χ3n) is 6.71. The Kier molecular flexibility index (Phi) is 7.48. The Labute approximate surface area is 209 Å². The van der Waals surface area contributed by atoms with Crippen molar-refractivity contribution in [2.24, 2.45) is 5.92 Å². The highest BCUT2D eigenvalue weighted by Crippen LogP contribution is 2.37. The second-order valence-electron chi connectivity index (χ2n) is 9.57. The van der Waals surface area contributed by atoms with E-state index in [9.17, 15) is 19.3 Å². The number of nitrogens with zero attached hydrogens (tertiary/aromatic N) is 2. The summed E-state index contributed by atoms with van der Waals surface area (Å²) in [7, 11) is 0. The maximum atomic E-state index is 14.3. The van der Waals surface area contributed by atoms with Gasteiger partial charge in [-0.25, -0.2) is 4.39 Å². The summed E-state index contributed by atoms with van der Waals surface area (Å²) in [5, 5.41) is 15.3. The van der Waals surface area contributed by atoms with E-state index in [4.69, 9.17) is 0 Å². The van der Waals surface area contributed by atoms with Crippen molar-refractivity contribution in [1.82, 2.24) is 9.88 Å². The second kappa shape index (κ2) is 10.7. The highest BCUT2D eigenvalue weighted by molar-refractivity contribution is 5.88. The zero-order valence-electron chi connectivity index (χ0n) is 20.6. The molecule has 6 nitrogen and oxygen atoms in total. The van der Waals surface area contributed by atoms with Gasteiger partial charge in [-0.15, -0.1) is 0 Å². The number of carbonyl (C=O) groups is 1. The lowest BCUT2D eigenvalue weighted by atomic mass is 9.87. The van der Waals surface area contributed by atoms with Crippen LogP contribution in [-0.2, 0) is 11.3 Å². The number of nitro benzene ring substituents is 1. The van der Waals surface area contributed by atoms with Gasteiger partial charge < -0.3 is 9.88 Å². The first-order valence-corrected chi connectivity index (χ1v) is 12.1. The molecule has 4 rings (SSSR count). The van der Waals surface area contributed by atoms with Crippen LogP contribution in [0.5, 0.6) is 0 Å². The number of nitro groups is 1. The number of halogens is 1. The Morgan fingerprint density at radius 1 is 1.03 bits per heavy atom. The van der Waals surface area contributed by atoms with Crippen molar-refractivity contribution < 1.29 is 14.1 Å². The van der Waals surface area contributed by atoms with Crippen LogP contribution < -0.4 is 5.32 Å². The molecule has 0 spiro atoms. The minimum Gasteiger partial charge on any atom is -0.353 e. The van der Waals surface area contributed by atoms with Gasteiger partial charge in [0.1, 0.15) is 5.82 Å². The van der Waals surface area contributed by atoms with E-state index in [-0.39, 0.29) is 30.0 Å². The predicted molar refractivity (Wildman–Crippen MR) is 139 cm³/mol. The number of amides is 1. The van der Waals surface area contributed by atoms with Gasteiger partial charge in [-0.2, -0.15) is 0 Å². The molecule has 1 aromatic heterocycles. The average Bonchev–Trinajstić information content (AvgIpc) is 3.20. The molecule has 7 heteroatoms. The molecule has 0 aliphatic rings. The van der Waals surface area contributed by atoms with Crippen molar-refractivity contribution in [1.29, 1.82) is 0 Å². The highest BCUT2D eigenvalue weighted by Gasteiger charge is 2.25. The number of fused-ring (bicyclic) bond motifs is 1. The van der Waals surface area contributed by atoms with E-state index in [1.54, 1.807) is 24.3 Å². The van der Waals surface area contributed by atoms with Gasteiger partial charge in [-0.05, 0) is 47.7 Å². The molecule has 36 heavy (non-hydrogen) atoms. The van der Waals surface area contributed by atoms with Crippen LogP contribution >= 0.6 is 0 Å². The van der Waals surface area contributed by atoms with Gasteiger partial charge in [0.25, 0.3) is 5.69 Å². The lowest BCUT2D eigenvalue weighted by Crippen LogP contribution is -2.36. The van der Waals surface area contributed by atoms with Crippen LogP contribution in [0.2, 0.25) is 0 Å². The molecule has 0 saturated heterocycles. The molecule has 0 aliphatic carbocycles. The lowest BCUT2D eigenvalue weighted by Gasteiger charge is -2.21. The topological polar surface area (TPSA) is 77.2 Å². The summed E-state index contributed by atoms with van der Waals surface area (Å²) in [6.45, 7) is 6.58. The molecule has 0 saturated carbocycles. The molecule has 1 amide bonds. The van der Waals surface area contributed by atoms with E-state index in [2.05, 4.69) is 5.32 Å². The lowest BCUT2D eigenvalue weighted by molar-refractivity contribution is -0.384. The Bertz CT molecular complexity index is 1380. The van der Waals surface area contributed by atoms with Crippen molar-refractivity contribution >= 4 is 22.5 Å². The number of non-ortho nitro benzene ring substituents is 1. The number of rotatable bonds is 9. The molecule has 1 N–H and O–H groups in total. The van der Waals surface area contributed by atoms with Crippen molar-refractivity contribution in [2.75, 3.05) is 0 Å². The summed E-state index contributed by atoms with van der Waals surface area (Å²) in [5.74, 6) is -0.772. The average molecular weight is 488 g/mol. The number of benzene rings is 3. The third kappa shape index (κ3) is 5.62. The second-order valence-corrected chi connectivity index (χ2v) is 9.57. The minimum atomic E-state index is -0.485. The first-order chi connectivity index (χ1) is 17.2. The summed E-state index contributed by atoms with van der Waals surface area (Å²) >= 11 is 0. The van der Waals surface area contributed by atoms with E-state index in [1.807, 2.05) is 61.9 Å². The van der Waals surface area contributed by atoms with E-state index < -0.39 is 16.7 Å². The Morgan fingerprint density at radius 2 is 1.78 bits per heavy atom. The van der Waals surface area contributed by atoms with Crippen LogP contribution in [-0.4, -0.2) is 21.4 Å². The smallest absolute Gasteiger partial charge is 0.270 e. The fourth-order valence-electron chi connectivity index (χ4n) is 4.41. The normalized spacial score (nSPS) is 13.0. The number of carbonyl (C=O) groups excluding carboxylic acids is 1. The van der Waals surface area contributed by atoms with Gasteiger partial charge in [-0.3, -0.25) is 14.9 Å². The Morgan fingerprint density at radius 3 is 2.44 bits per heavy atom. The fourth-order valence-corrected chi connectivity index (χ4v) is 4.41. The largest absolute Gasteiger partial charge is 0.353 e. The summed E-state index contributed by atoms with van der Waals surface area (Å²) in [6.07, 6.45) is 2.03. The van der Waals surface area contributed by atoms with E-state index >= 15 is 0 Å². The first-order valence-electron chi connectivity index (χ1n) is 12.1. The molecule has 0 unspecified atom stereocenters. The fraction of sp³-hybridized carbons (Fsp3) is 0.276. The summed E-state index contributed by atoms with van der Waals surface area (Å²) in [6, 6.07) is 20.9. The molecule has 0 bridgehead atoms. The number of nitrogens with one attached hydrogen (secondary N) is 1. The maximum absolute atomic E-state index is 14.3. The predicted octanol–water partition coefficient (Wildman–Crippen LogP) is 6.42. The van der Waals surface area contributed by atoms with Crippen LogP contribution in [0.15, 0.2) is 79.0 Å². The van der Waals surface area contributed by atoms with Gasteiger partial charge >= 0.3 is 0 Å². The molecule has 1 heterocycles. The molecule has 4 aromatic rings. The summed E-state index contributed by atoms with van der Waals surface area (Å²) in [4.78, 5) is 24.3. The summed E-state index contributed by atoms with van der Waals surface area (Å²) in [5.41, 5.74) is 3.26. The molecule has 0 fully saturated rings. The standard InChI is InChI=1S/C29H30FN3O3/c1-19(2)20(3)31-29(34)16-25(22-10-7-11-23(30)14-22)27-18-32(17-21-8-5-4-6-9-21)28-13-12-24(33(35)36)15-26(27)28/h4-15,18-20,25H,16-17H2,1-3H3,(H,31,34)/t20-,25+/m1/s1. The van der Waals surface area contributed by atoms with Crippen molar-refractivity contribution in [3.63, 3.8) is 0 Å². The highest BCUT2D eigenvalue weighted by atomic mass is 19.1.